The van der Waals surface area contributed by atoms with Gasteiger partial charge in [-0.1, -0.05) is 13.3 Å². The number of benzene rings is 1. The van der Waals surface area contributed by atoms with E-state index in [-0.39, 0.29) is 24.0 Å². The highest BCUT2D eigenvalue weighted by molar-refractivity contribution is 5.31. The Morgan fingerprint density at radius 2 is 1.94 bits per heavy atom. The Balaban J connectivity index is 2.13. The lowest BCUT2D eigenvalue weighted by Crippen LogP contribution is -2.25. The summed E-state index contributed by atoms with van der Waals surface area (Å²) in [5.41, 5.74) is 0.217. The summed E-state index contributed by atoms with van der Waals surface area (Å²) in [6, 6.07) is 2.23. The van der Waals surface area contributed by atoms with Crippen LogP contribution in [0.4, 0.5) is 8.78 Å². The maximum atomic E-state index is 13.7. The molecule has 1 aliphatic carbocycles. The molecule has 1 aromatic rings. The van der Waals surface area contributed by atoms with Crippen LogP contribution in [0.5, 0.6) is 5.75 Å². The molecule has 1 aliphatic rings. The Morgan fingerprint density at radius 1 is 1.28 bits per heavy atom. The maximum absolute atomic E-state index is 13.7. The van der Waals surface area contributed by atoms with Crippen molar-refractivity contribution in [2.24, 2.45) is 5.92 Å². The minimum Gasteiger partial charge on any atom is -0.484 e. The summed E-state index contributed by atoms with van der Waals surface area (Å²) in [6.07, 6.45) is 3.74. The van der Waals surface area contributed by atoms with Crippen LogP contribution in [-0.2, 0) is 6.61 Å². The van der Waals surface area contributed by atoms with Crippen molar-refractivity contribution in [1.29, 1.82) is 0 Å². The monoisotopic (exact) mass is 256 g/mol. The van der Waals surface area contributed by atoms with Crippen molar-refractivity contribution in [2.45, 2.75) is 45.3 Å². The van der Waals surface area contributed by atoms with Crippen molar-refractivity contribution in [3.63, 3.8) is 0 Å². The Labute approximate surface area is 106 Å². The van der Waals surface area contributed by atoms with E-state index >= 15 is 0 Å². The highest BCUT2D eigenvalue weighted by Crippen LogP contribution is 2.30. The SMILES string of the molecule is CC1CCCC(Oc2c(F)cc(CO)cc2F)C1. The van der Waals surface area contributed by atoms with Crippen molar-refractivity contribution in [2.75, 3.05) is 0 Å². The van der Waals surface area contributed by atoms with Crippen molar-refractivity contribution in [1.82, 2.24) is 0 Å². The van der Waals surface area contributed by atoms with Crippen LogP contribution in [-0.4, -0.2) is 11.2 Å². The summed E-state index contributed by atoms with van der Waals surface area (Å²) in [7, 11) is 0. The molecule has 1 saturated carbocycles. The van der Waals surface area contributed by atoms with Gasteiger partial charge in [0.15, 0.2) is 17.4 Å². The van der Waals surface area contributed by atoms with Crippen LogP contribution in [0.15, 0.2) is 12.1 Å². The van der Waals surface area contributed by atoms with Gasteiger partial charge in [-0.25, -0.2) is 8.78 Å². The van der Waals surface area contributed by atoms with Crippen molar-refractivity contribution in [3.05, 3.63) is 29.3 Å². The summed E-state index contributed by atoms with van der Waals surface area (Å²) < 4.78 is 32.8. The molecule has 0 bridgehead atoms. The molecule has 100 valence electrons. The Bertz CT molecular complexity index is 397. The van der Waals surface area contributed by atoms with E-state index in [0.717, 1.165) is 37.8 Å². The van der Waals surface area contributed by atoms with E-state index < -0.39 is 11.6 Å². The van der Waals surface area contributed by atoms with Crippen molar-refractivity contribution < 1.29 is 18.6 Å². The van der Waals surface area contributed by atoms with Gasteiger partial charge in [0.25, 0.3) is 0 Å². The fraction of sp³-hybridized carbons (Fsp3) is 0.571. The maximum Gasteiger partial charge on any atom is 0.191 e. The van der Waals surface area contributed by atoms with Crippen LogP contribution < -0.4 is 4.74 Å². The van der Waals surface area contributed by atoms with Crippen molar-refractivity contribution >= 4 is 0 Å². The third-order valence-electron chi connectivity index (χ3n) is 3.41. The summed E-state index contributed by atoms with van der Waals surface area (Å²) in [5, 5.41) is 8.86. The van der Waals surface area contributed by atoms with Crippen LogP contribution in [0.1, 0.15) is 38.2 Å². The molecule has 2 rings (SSSR count). The zero-order valence-electron chi connectivity index (χ0n) is 10.5. The van der Waals surface area contributed by atoms with Gasteiger partial charge in [0, 0.05) is 0 Å². The second-order valence-electron chi connectivity index (χ2n) is 5.06. The van der Waals surface area contributed by atoms with Gasteiger partial charge in [0.2, 0.25) is 0 Å². The van der Waals surface area contributed by atoms with Gasteiger partial charge in [-0.15, -0.1) is 0 Å². The molecule has 0 heterocycles. The zero-order chi connectivity index (χ0) is 13.1. The van der Waals surface area contributed by atoms with Gasteiger partial charge >= 0.3 is 0 Å². The normalized spacial score (nSPS) is 24.0. The molecule has 1 N–H and O–H groups in total. The van der Waals surface area contributed by atoms with E-state index in [2.05, 4.69) is 6.92 Å². The molecular formula is C14H18F2O2. The molecule has 2 atom stereocenters. The molecule has 0 aromatic heterocycles. The quantitative estimate of drug-likeness (QED) is 0.898. The van der Waals surface area contributed by atoms with Gasteiger partial charge in [0.1, 0.15) is 0 Å². The van der Waals surface area contributed by atoms with Crippen molar-refractivity contribution in [3.8, 4) is 5.75 Å². The van der Waals surface area contributed by atoms with E-state index in [4.69, 9.17) is 9.84 Å². The fourth-order valence-corrected chi connectivity index (χ4v) is 2.47. The Morgan fingerprint density at radius 3 is 2.50 bits per heavy atom. The average molecular weight is 256 g/mol. The predicted octanol–water partition coefficient (Wildman–Crippen LogP) is 3.41. The van der Waals surface area contributed by atoms with Crippen LogP contribution in [0.2, 0.25) is 0 Å². The summed E-state index contributed by atoms with van der Waals surface area (Å²) >= 11 is 0. The number of aliphatic hydroxyl groups is 1. The molecule has 0 saturated heterocycles. The first kappa shape index (κ1) is 13.3. The van der Waals surface area contributed by atoms with E-state index in [1.165, 1.54) is 0 Å². The van der Waals surface area contributed by atoms with Gasteiger partial charge < -0.3 is 9.84 Å². The lowest BCUT2D eigenvalue weighted by molar-refractivity contribution is 0.118. The molecule has 18 heavy (non-hydrogen) atoms. The fourth-order valence-electron chi connectivity index (χ4n) is 2.47. The van der Waals surface area contributed by atoms with E-state index in [1.54, 1.807) is 0 Å². The van der Waals surface area contributed by atoms with E-state index in [0.29, 0.717) is 5.92 Å². The number of ether oxygens (including phenoxy) is 1. The average Bonchev–Trinajstić information content (AvgIpc) is 2.33. The van der Waals surface area contributed by atoms with E-state index in [9.17, 15) is 8.78 Å². The molecular weight excluding hydrogens is 238 g/mol. The Kier molecular flexibility index (Phi) is 4.17. The molecule has 0 spiro atoms. The number of halogens is 2. The highest BCUT2D eigenvalue weighted by atomic mass is 19.1. The van der Waals surface area contributed by atoms with Gasteiger partial charge in [-0.2, -0.15) is 0 Å². The van der Waals surface area contributed by atoms with Gasteiger partial charge in [-0.05, 0) is 42.9 Å². The number of rotatable bonds is 3. The molecule has 0 amide bonds. The Hall–Kier alpha value is -1.16. The summed E-state index contributed by atoms with van der Waals surface area (Å²) in [6.45, 7) is 1.74. The summed E-state index contributed by atoms with van der Waals surface area (Å²) in [4.78, 5) is 0. The lowest BCUT2D eigenvalue weighted by Gasteiger charge is -2.27. The van der Waals surface area contributed by atoms with Crippen LogP contribution in [0, 0.1) is 17.6 Å². The molecule has 1 aromatic carbocycles. The van der Waals surface area contributed by atoms with Gasteiger partial charge in [0.05, 0.1) is 12.7 Å². The first-order chi connectivity index (χ1) is 8.60. The highest BCUT2D eigenvalue weighted by Gasteiger charge is 2.23. The largest absolute Gasteiger partial charge is 0.484 e. The molecule has 0 radical (unpaired) electrons. The second-order valence-corrected chi connectivity index (χ2v) is 5.06. The molecule has 2 unspecified atom stereocenters. The summed E-state index contributed by atoms with van der Waals surface area (Å²) in [5.74, 6) is -1.26. The lowest BCUT2D eigenvalue weighted by atomic mass is 9.89. The third-order valence-corrected chi connectivity index (χ3v) is 3.41. The first-order valence-corrected chi connectivity index (χ1v) is 6.35. The van der Waals surface area contributed by atoms with Crippen LogP contribution >= 0.6 is 0 Å². The topological polar surface area (TPSA) is 29.5 Å². The minimum atomic E-state index is -0.739. The number of hydrogen-bond donors (Lipinski definition) is 1. The first-order valence-electron chi connectivity index (χ1n) is 6.35. The third kappa shape index (κ3) is 2.99. The van der Waals surface area contributed by atoms with Gasteiger partial charge in [-0.3, -0.25) is 0 Å². The second kappa shape index (κ2) is 5.65. The number of aliphatic hydroxyl groups excluding tert-OH is 1. The molecule has 4 heteroatoms. The molecule has 1 fully saturated rings. The predicted molar refractivity (Wildman–Crippen MR) is 64.3 cm³/mol. The zero-order valence-corrected chi connectivity index (χ0v) is 10.5. The number of hydrogen-bond acceptors (Lipinski definition) is 2. The minimum absolute atomic E-state index is 0.113. The van der Waals surface area contributed by atoms with Crippen LogP contribution in [0.25, 0.3) is 0 Å². The smallest absolute Gasteiger partial charge is 0.191 e. The standard InChI is InChI=1S/C14H18F2O2/c1-9-3-2-4-11(5-9)18-14-12(15)6-10(8-17)7-13(14)16/h6-7,9,11,17H,2-5,8H2,1H3. The van der Waals surface area contributed by atoms with E-state index in [1.807, 2.05) is 0 Å². The van der Waals surface area contributed by atoms with Crippen LogP contribution in [0.3, 0.4) is 0 Å². The molecule has 2 nitrogen and oxygen atoms in total. The molecule has 0 aliphatic heterocycles.